The molecule has 4 nitrogen and oxygen atoms in total. The van der Waals surface area contributed by atoms with Crippen LogP contribution in [0.25, 0.3) is 38.6 Å². The van der Waals surface area contributed by atoms with E-state index in [1.54, 1.807) is 0 Å². The number of nitrogens with zero attached hydrogens (tertiary/aromatic N) is 4. The summed E-state index contributed by atoms with van der Waals surface area (Å²) in [5.74, 6) is 0. The van der Waals surface area contributed by atoms with E-state index in [0.29, 0.717) is 0 Å². The lowest BCUT2D eigenvalue weighted by atomic mass is 9.88. The molecule has 0 bridgehead atoms. The van der Waals surface area contributed by atoms with Gasteiger partial charge >= 0.3 is 0 Å². The Morgan fingerprint density at radius 2 is 1.27 bits per heavy atom. The van der Waals surface area contributed by atoms with Crippen LogP contribution in [0, 0.1) is 0 Å². The zero-order valence-corrected chi connectivity index (χ0v) is 26.6. The summed E-state index contributed by atoms with van der Waals surface area (Å²) in [5, 5.41) is 2.62. The van der Waals surface area contributed by atoms with Crippen LogP contribution in [0.15, 0.2) is 176 Å². The highest BCUT2D eigenvalue weighted by atomic mass is 15.2. The molecule has 1 atom stereocenters. The Hall–Kier alpha value is -6.00. The second-order valence-corrected chi connectivity index (χ2v) is 12.6. The molecule has 48 heavy (non-hydrogen) atoms. The van der Waals surface area contributed by atoms with Crippen molar-refractivity contribution in [2.75, 3.05) is 9.80 Å². The molecule has 2 aromatic heterocycles. The van der Waals surface area contributed by atoms with E-state index in [1.165, 1.54) is 55.6 Å². The second kappa shape index (κ2) is 12.0. The highest BCUT2D eigenvalue weighted by molar-refractivity contribution is 6.18. The summed E-state index contributed by atoms with van der Waals surface area (Å²) in [5.41, 5.74) is 13.5. The summed E-state index contributed by atoms with van der Waals surface area (Å²) in [4.78, 5) is 14.0. The van der Waals surface area contributed by atoms with Crippen LogP contribution in [0.1, 0.15) is 24.8 Å². The fourth-order valence-corrected chi connectivity index (χ4v) is 7.72. The van der Waals surface area contributed by atoms with Crippen molar-refractivity contribution in [1.29, 1.82) is 0 Å². The van der Waals surface area contributed by atoms with Gasteiger partial charge in [-0.05, 0) is 106 Å². The van der Waals surface area contributed by atoms with Gasteiger partial charge in [0.2, 0.25) is 0 Å². The van der Waals surface area contributed by atoms with Crippen molar-refractivity contribution in [3.8, 4) is 22.3 Å². The smallest absolute Gasteiger partial charge is 0.0641 e. The van der Waals surface area contributed by atoms with E-state index in [4.69, 9.17) is 0 Å². The van der Waals surface area contributed by atoms with Gasteiger partial charge in [0, 0.05) is 35.9 Å². The molecule has 3 aliphatic carbocycles. The zero-order valence-electron chi connectivity index (χ0n) is 26.6. The molecule has 9 rings (SSSR count). The molecule has 0 radical (unpaired) electrons. The lowest BCUT2D eigenvalue weighted by Gasteiger charge is -2.39. The minimum absolute atomic E-state index is 0.0464. The third-order valence-corrected chi connectivity index (χ3v) is 9.73. The maximum Gasteiger partial charge on any atom is 0.0641 e. The van der Waals surface area contributed by atoms with E-state index in [9.17, 15) is 0 Å². The molecule has 0 saturated heterocycles. The number of aromatic nitrogens is 2. The Kier molecular flexibility index (Phi) is 7.05. The topological polar surface area (TPSA) is 32.3 Å². The van der Waals surface area contributed by atoms with Gasteiger partial charge in [-0.2, -0.15) is 0 Å². The second-order valence-electron chi connectivity index (χ2n) is 12.6. The molecule has 6 aromatic rings. The molecule has 2 heterocycles. The Morgan fingerprint density at radius 1 is 0.583 bits per heavy atom. The van der Waals surface area contributed by atoms with Gasteiger partial charge in [-0.15, -0.1) is 0 Å². The molecular weight excluding hydrogens is 585 g/mol. The summed E-state index contributed by atoms with van der Waals surface area (Å²) in [6.45, 7) is 0. The molecule has 230 valence electrons. The number of allylic oxidation sites excluding steroid dienone is 6. The Labute approximate surface area is 281 Å². The third kappa shape index (κ3) is 4.85. The number of hydrogen-bond donors (Lipinski definition) is 0. The zero-order chi connectivity index (χ0) is 31.9. The first-order valence-electron chi connectivity index (χ1n) is 16.7. The quantitative estimate of drug-likeness (QED) is 0.178. The van der Waals surface area contributed by atoms with Gasteiger partial charge in [0.15, 0.2) is 0 Å². The molecule has 0 saturated carbocycles. The van der Waals surface area contributed by atoms with Crippen LogP contribution in [0.4, 0.5) is 17.1 Å². The van der Waals surface area contributed by atoms with Crippen LogP contribution >= 0.6 is 0 Å². The van der Waals surface area contributed by atoms with E-state index in [0.717, 1.165) is 36.3 Å². The van der Waals surface area contributed by atoms with E-state index < -0.39 is 0 Å². The van der Waals surface area contributed by atoms with Crippen LogP contribution in [0.5, 0.6) is 0 Å². The summed E-state index contributed by atoms with van der Waals surface area (Å²) in [6, 6.07) is 39.3. The van der Waals surface area contributed by atoms with Crippen molar-refractivity contribution in [3.63, 3.8) is 0 Å². The molecular formula is C44H34N4. The lowest BCUT2D eigenvalue weighted by molar-refractivity contribution is 0.696. The van der Waals surface area contributed by atoms with Gasteiger partial charge in [-0.1, -0.05) is 91.0 Å². The van der Waals surface area contributed by atoms with Crippen LogP contribution < -0.4 is 9.80 Å². The number of rotatable bonds is 7. The lowest BCUT2D eigenvalue weighted by Crippen LogP contribution is -2.37. The number of benzene rings is 4. The Morgan fingerprint density at radius 3 is 2.00 bits per heavy atom. The number of hydrogen-bond acceptors (Lipinski definition) is 4. The van der Waals surface area contributed by atoms with Crippen molar-refractivity contribution < 1.29 is 0 Å². The fraction of sp³-hybridized carbons (Fsp3) is 0.0909. The summed E-state index contributed by atoms with van der Waals surface area (Å²) >= 11 is 0. The molecule has 1 unspecified atom stereocenters. The largest absolute Gasteiger partial charge is 0.337 e. The van der Waals surface area contributed by atoms with Gasteiger partial charge in [-0.3, -0.25) is 9.97 Å². The van der Waals surface area contributed by atoms with Crippen molar-refractivity contribution in [2.24, 2.45) is 0 Å². The number of pyridine rings is 2. The summed E-state index contributed by atoms with van der Waals surface area (Å²) in [6.07, 6.45) is 22.1. The van der Waals surface area contributed by atoms with E-state index in [2.05, 4.69) is 147 Å². The minimum Gasteiger partial charge on any atom is -0.337 e. The molecule has 0 amide bonds. The van der Waals surface area contributed by atoms with Gasteiger partial charge in [0.05, 0.1) is 29.8 Å². The predicted molar refractivity (Wildman–Crippen MR) is 199 cm³/mol. The normalized spacial score (nSPS) is 16.2. The van der Waals surface area contributed by atoms with Gasteiger partial charge in [-0.25, -0.2) is 0 Å². The first kappa shape index (κ1) is 28.2. The highest BCUT2D eigenvalue weighted by Gasteiger charge is 2.30. The maximum atomic E-state index is 4.57. The highest BCUT2D eigenvalue weighted by Crippen LogP contribution is 2.49. The molecule has 4 heteroatoms. The average molecular weight is 619 g/mol. The van der Waals surface area contributed by atoms with Gasteiger partial charge < -0.3 is 9.80 Å². The minimum atomic E-state index is 0.0464. The molecule has 0 fully saturated rings. The van der Waals surface area contributed by atoms with E-state index >= 15 is 0 Å². The SMILES string of the molecule is C1=CCCC(N(c2cccnc2)C2C=C(c3ccc4c5c(cccc35)-c3ccccc3-4)C=C(N(c3ccccc3)c3cccnc3)C2)=C1. The molecule has 3 aliphatic rings. The number of fused-ring (bicyclic) bond motifs is 3. The van der Waals surface area contributed by atoms with Gasteiger partial charge in [0.25, 0.3) is 0 Å². The Bertz CT molecular complexity index is 2200. The molecule has 0 N–H and O–H groups in total. The van der Waals surface area contributed by atoms with E-state index in [1.807, 2.05) is 36.9 Å². The van der Waals surface area contributed by atoms with Crippen molar-refractivity contribution in [3.05, 3.63) is 181 Å². The molecule has 0 aliphatic heterocycles. The predicted octanol–water partition coefficient (Wildman–Crippen LogP) is 10.9. The van der Waals surface area contributed by atoms with Crippen molar-refractivity contribution in [1.82, 2.24) is 9.97 Å². The third-order valence-electron chi connectivity index (χ3n) is 9.73. The van der Waals surface area contributed by atoms with Crippen molar-refractivity contribution in [2.45, 2.75) is 25.3 Å². The molecule has 0 spiro atoms. The monoisotopic (exact) mass is 618 g/mol. The standard InChI is InChI=1S/C44H34N4/c1-3-12-32(13-4-1)47(34-16-10-24-45-29-34)36-26-31(27-37(28-36)48(33-14-5-2-6-15-33)35-17-11-25-46-30-35)38-22-23-43-40-19-8-7-18-39(40)42-21-9-20-41(38)44(42)43/h1-5,7-14,16-27,29-30,37H,6,15,28H2. The first-order chi connectivity index (χ1) is 23.8. The fourth-order valence-electron chi connectivity index (χ4n) is 7.72. The van der Waals surface area contributed by atoms with Gasteiger partial charge in [0.1, 0.15) is 0 Å². The van der Waals surface area contributed by atoms with Crippen LogP contribution in [-0.4, -0.2) is 16.0 Å². The van der Waals surface area contributed by atoms with Crippen LogP contribution in [0.3, 0.4) is 0 Å². The summed E-state index contributed by atoms with van der Waals surface area (Å²) in [7, 11) is 0. The maximum absolute atomic E-state index is 4.57. The first-order valence-corrected chi connectivity index (χ1v) is 16.7. The van der Waals surface area contributed by atoms with Crippen molar-refractivity contribution >= 4 is 33.4 Å². The van der Waals surface area contributed by atoms with Crippen LogP contribution in [0.2, 0.25) is 0 Å². The molecule has 4 aromatic carbocycles. The average Bonchev–Trinajstić information content (AvgIpc) is 3.49. The summed E-state index contributed by atoms with van der Waals surface area (Å²) < 4.78 is 0. The Balaban J connectivity index is 1.27. The number of anilines is 3. The number of para-hydroxylation sites is 1. The van der Waals surface area contributed by atoms with Crippen LogP contribution in [-0.2, 0) is 0 Å². The van der Waals surface area contributed by atoms with E-state index in [-0.39, 0.29) is 6.04 Å².